The summed E-state index contributed by atoms with van der Waals surface area (Å²) in [7, 11) is 0. The highest BCUT2D eigenvalue weighted by molar-refractivity contribution is 5.44. The molecule has 0 aliphatic heterocycles. The van der Waals surface area contributed by atoms with Gasteiger partial charge in [0.15, 0.2) is 0 Å². The van der Waals surface area contributed by atoms with E-state index in [4.69, 9.17) is 10.5 Å². The number of nitro groups is 1. The second-order valence-corrected chi connectivity index (χ2v) is 3.98. The van der Waals surface area contributed by atoms with Crippen molar-refractivity contribution in [2.45, 2.75) is 13.5 Å². The van der Waals surface area contributed by atoms with Gasteiger partial charge in [0.25, 0.3) is 5.88 Å². The monoisotopic (exact) mass is 259 g/mol. The summed E-state index contributed by atoms with van der Waals surface area (Å²) in [5.41, 5.74) is 6.94. The Hall–Kier alpha value is -2.47. The van der Waals surface area contributed by atoms with Gasteiger partial charge in [-0.25, -0.2) is 4.98 Å². The molecule has 0 aliphatic rings. The Kier molecular flexibility index (Phi) is 3.72. The first-order chi connectivity index (χ1) is 9.10. The predicted molar refractivity (Wildman–Crippen MR) is 70.0 cm³/mol. The Morgan fingerprint density at radius 1 is 1.26 bits per heavy atom. The summed E-state index contributed by atoms with van der Waals surface area (Å²) in [6.07, 6.45) is 0. The lowest BCUT2D eigenvalue weighted by Gasteiger charge is -2.06. The fraction of sp³-hybridized carbons (Fsp3) is 0.154. The van der Waals surface area contributed by atoms with E-state index in [0.717, 1.165) is 5.56 Å². The maximum atomic E-state index is 10.9. The molecular weight excluding hydrogens is 246 g/mol. The number of ether oxygens (including phenoxy) is 1. The van der Waals surface area contributed by atoms with Crippen molar-refractivity contribution in [3.8, 4) is 11.6 Å². The molecule has 0 unspecified atom stereocenters. The van der Waals surface area contributed by atoms with Gasteiger partial charge in [-0.2, -0.15) is 0 Å². The highest BCUT2D eigenvalue weighted by Gasteiger charge is 2.17. The highest BCUT2D eigenvalue weighted by atomic mass is 16.6. The molecule has 1 aromatic carbocycles. The average molecular weight is 259 g/mol. The lowest BCUT2D eigenvalue weighted by molar-refractivity contribution is -0.386. The first-order valence-electron chi connectivity index (χ1n) is 5.69. The first-order valence-corrected chi connectivity index (χ1v) is 5.69. The van der Waals surface area contributed by atoms with Crippen LogP contribution in [0.4, 0.5) is 5.69 Å². The Morgan fingerprint density at radius 3 is 2.53 bits per heavy atom. The third kappa shape index (κ3) is 3.05. The van der Waals surface area contributed by atoms with E-state index in [0.29, 0.717) is 18.0 Å². The summed E-state index contributed by atoms with van der Waals surface area (Å²) in [5.74, 6) is 0.476. The fourth-order valence-corrected chi connectivity index (χ4v) is 1.54. The molecule has 98 valence electrons. The molecule has 6 nitrogen and oxygen atoms in total. The lowest BCUT2D eigenvalue weighted by atomic mass is 10.2. The van der Waals surface area contributed by atoms with Crippen LogP contribution in [-0.4, -0.2) is 9.91 Å². The van der Waals surface area contributed by atoms with E-state index in [1.165, 1.54) is 6.07 Å². The Balaban J connectivity index is 2.31. The molecule has 19 heavy (non-hydrogen) atoms. The van der Waals surface area contributed by atoms with Crippen molar-refractivity contribution in [1.29, 1.82) is 0 Å². The summed E-state index contributed by atoms with van der Waals surface area (Å²) in [5, 5.41) is 10.9. The largest absolute Gasteiger partial charge is 0.434 e. The molecule has 1 aromatic heterocycles. The highest BCUT2D eigenvalue weighted by Crippen LogP contribution is 2.29. The molecule has 0 saturated carbocycles. The van der Waals surface area contributed by atoms with E-state index in [1.54, 1.807) is 37.3 Å². The Morgan fingerprint density at radius 2 is 1.95 bits per heavy atom. The van der Waals surface area contributed by atoms with Crippen LogP contribution in [0, 0.1) is 17.0 Å². The average Bonchev–Trinajstić information content (AvgIpc) is 2.39. The van der Waals surface area contributed by atoms with Gasteiger partial charge in [-0.3, -0.25) is 10.1 Å². The molecule has 0 fully saturated rings. The van der Waals surface area contributed by atoms with E-state index >= 15 is 0 Å². The summed E-state index contributed by atoms with van der Waals surface area (Å²) in [6.45, 7) is 2.18. The SMILES string of the molecule is Cc1ccc([N+](=O)[O-])c(Oc2ccc(CN)cc2)n1. The molecule has 0 atom stereocenters. The van der Waals surface area contributed by atoms with Gasteiger partial charge in [0, 0.05) is 18.3 Å². The summed E-state index contributed by atoms with van der Waals surface area (Å²) >= 11 is 0. The standard InChI is InChI=1S/C13H13N3O3/c1-9-2-7-12(16(17)18)13(15-9)19-11-5-3-10(8-14)4-6-11/h2-7H,8,14H2,1H3. The quantitative estimate of drug-likeness (QED) is 0.673. The number of nitrogens with zero attached hydrogens (tertiary/aromatic N) is 2. The minimum absolute atomic E-state index is 0.00880. The van der Waals surface area contributed by atoms with Crippen LogP contribution in [-0.2, 0) is 6.54 Å². The minimum atomic E-state index is -0.518. The number of hydrogen-bond acceptors (Lipinski definition) is 5. The molecule has 0 amide bonds. The van der Waals surface area contributed by atoms with E-state index in [1.807, 2.05) is 0 Å². The van der Waals surface area contributed by atoms with E-state index in [2.05, 4.69) is 4.98 Å². The second-order valence-electron chi connectivity index (χ2n) is 3.98. The summed E-state index contributed by atoms with van der Waals surface area (Å²) in [6, 6.07) is 9.97. The van der Waals surface area contributed by atoms with Crippen LogP contribution in [0.3, 0.4) is 0 Å². The third-order valence-corrected chi connectivity index (χ3v) is 2.55. The molecule has 6 heteroatoms. The number of pyridine rings is 1. The van der Waals surface area contributed by atoms with E-state index in [9.17, 15) is 10.1 Å². The Labute approximate surface area is 110 Å². The van der Waals surface area contributed by atoms with Gasteiger partial charge in [-0.05, 0) is 30.7 Å². The van der Waals surface area contributed by atoms with E-state index in [-0.39, 0.29) is 11.6 Å². The van der Waals surface area contributed by atoms with Crippen LogP contribution in [0.1, 0.15) is 11.3 Å². The van der Waals surface area contributed by atoms with Crippen molar-refractivity contribution >= 4 is 5.69 Å². The Bertz CT molecular complexity index is 597. The normalized spacial score (nSPS) is 10.2. The number of hydrogen-bond donors (Lipinski definition) is 1. The minimum Gasteiger partial charge on any atom is -0.434 e. The summed E-state index contributed by atoms with van der Waals surface area (Å²) < 4.78 is 5.46. The molecule has 0 aliphatic carbocycles. The van der Waals surface area contributed by atoms with Gasteiger partial charge in [0.1, 0.15) is 5.75 Å². The zero-order valence-electron chi connectivity index (χ0n) is 10.4. The molecule has 1 heterocycles. The van der Waals surface area contributed by atoms with Crippen LogP contribution in [0.15, 0.2) is 36.4 Å². The zero-order chi connectivity index (χ0) is 13.8. The molecule has 0 radical (unpaired) electrons. The van der Waals surface area contributed by atoms with Gasteiger partial charge < -0.3 is 10.5 Å². The second kappa shape index (κ2) is 5.45. The number of rotatable bonds is 4. The van der Waals surface area contributed by atoms with Gasteiger partial charge >= 0.3 is 5.69 Å². The van der Waals surface area contributed by atoms with Crippen molar-refractivity contribution < 1.29 is 9.66 Å². The van der Waals surface area contributed by atoms with E-state index < -0.39 is 4.92 Å². The molecule has 2 rings (SSSR count). The van der Waals surface area contributed by atoms with Crippen LogP contribution in [0.2, 0.25) is 0 Å². The number of aryl methyl sites for hydroxylation is 1. The molecule has 2 N–H and O–H groups in total. The maximum absolute atomic E-state index is 10.9. The van der Waals surface area contributed by atoms with Gasteiger partial charge in [0.05, 0.1) is 4.92 Å². The van der Waals surface area contributed by atoms with Crippen LogP contribution >= 0.6 is 0 Å². The number of nitrogens with two attached hydrogens (primary N) is 1. The molecular formula is C13H13N3O3. The molecule has 0 spiro atoms. The summed E-state index contributed by atoms with van der Waals surface area (Å²) in [4.78, 5) is 14.4. The first kappa shape index (κ1) is 13.0. The van der Waals surface area contributed by atoms with Gasteiger partial charge in [-0.1, -0.05) is 12.1 Å². The van der Waals surface area contributed by atoms with Crippen molar-refractivity contribution in [1.82, 2.24) is 4.98 Å². The zero-order valence-corrected chi connectivity index (χ0v) is 10.4. The smallest absolute Gasteiger partial charge is 0.331 e. The van der Waals surface area contributed by atoms with Crippen LogP contribution < -0.4 is 10.5 Å². The van der Waals surface area contributed by atoms with Crippen LogP contribution in [0.25, 0.3) is 0 Å². The molecule has 2 aromatic rings. The topological polar surface area (TPSA) is 91.3 Å². The lowest BCUT2D eigenvalue weighted by Crippen LogP contribution is -1.98. The number of aromatic nitrogens is 1. The third-order valence-electron chi connectivity index (χ3n) is 2.55. The van der Waals surface area contributed by atoms with Crippen molar-refractivity contribution in [3.05, 3.63) is 57.8 Å². The molecule has 0 bridgehead atoms. The van der Waals surface area contributed by atoms with Crippen molar-refractivity contribution in [2.24, 2.45) is 5.73 Å². The van der Waals surface area contributed by atoms with Gasteiger partial charge in [0.2, 0.25) is 0 Å². The fourth-order valence-electron chi connectivity index (χ4n) is 1.54. The molecule has 0 saturated heterocycles. The van der Waals surface area contributed by atoms with Crippen LogP contribution in [0.5, 0.6) is 11.6 Å². The van der Waals surface area contributed by atoms with Crippen molar-refractivity contribution in [2.75, 3.05) is 0 Å². The number of benzene rings is 1. The predicted octanol–water partition coefficient (Wildman–Crippen LogP) is 2.55. The van der Waals surface area contributed by atoms with Crippen molar-refractivity contribution in [3.63, 3.8) is 0 Å². The van der Waals surface area contributed by atoms with Gasteiger partial charge in [-0.15, -0.1) is 0 Å². The maximum Gasteiger partial charge on any atom is 0.331 e.